The standard InChI is InChI=1S/C11H23NS/c1-10(12-7-8-13-2)9-11-5-3-4-6-11/h10-12H,3-9H2,1-2H3. The molecular formula is C11H23NS. The summed E-state index contributed by atoms with van der Waals surface area (Å²) in [6, 6.07) is 0.732. The summed E-state index contributed by atoms with van der Waals surface area (Å²) in [5.74, 6) is 2.27. The largest absolute Gasteiger partial charge is 0.313 e. The average Bonchev–Trinajstić information content (AvgIpc) is 2.57. The fraction of sp³-hybridized carbons (Fsp3) is 1.00. The zero-order valence-corrected chi connectivity index (χ0v) is 9.83. The van der Waals surface area contributed by atoms with Gasteiger partial charge in [0.15, 0.2) is 0 Å². The van der Waals surface area contributed by atoms with Crippen molar-refractivity contribution in [3.05, 3.63) is 0 Å². The molecule has 1 nitrogen and oxygen atoms in total. The molecule has 1 unspecified atom stereocenters. The van der Waals surface area contributed by atoms with Crippen molar-refractivity contribution < 1.29 is 0 Å². The highest BCUT2D eigenvalue weighted by atomic mass is 32.2. The summed E-state index contributed by atoms with van der Waals surface area (Å²) in [6.07, 6.45) is 9.48. The van der Waals surface area contributed by atoms with E-state index in [1.807, 2.05) is 11.8 Å². The van der Waals surface area contributed by atoms with Crippen molar-refractivity contribution in [1.82, 2.24) is 5.32 Å². The molecular weight excluding hydrogens is 178 g/mol. The van der Waals surface area contributed by atoms with Crippen LogP contribution in [0.25, 0.3) is 0 Å². The molecule has 0 bridgehead atoms. The van der Waals surface area contributed by atoms with Crippen LogP contribution in [0.15, 0.2) is 0 Å². The lowest BCUT2D eigenvalue weighted by Gasteiger charge is -2.17. The SMILES string of the molecule is CSCCNC(C)CC1CCCC1. The number of nitrogens with one attached hydrogen (secondary N) is 1. The predicted molar refractivity (Wildman–Crippen MR) is 62.4 cm³/mol. The van der Waals surface area contributed by atoms with E-state index in [-0.39, 0.29) is 0 Å². The number of hydrogen-bond donors (Lipinski definition) is 1. The van der Waals surface area contributed by atoms with Crippen LogP contribution in [0.2, 0.25) is 0 Å². The van der Waals surface area contributed by atoms with E-state index in [1.54, 1.807) is 0 Å². The maximum absolute atomic E-state index is 3.59. The maximum atomic E-state index is 3.59. The maximum Gasteiger partial charge on any atom is 0.00554 e. The second kappa shape index (κ2) is 6.72. The fourth-order valence-electron chi connectivity index (χ4n) is 2.24. The van der Waals surface area contributed by atoms with Gasteiger partial charge in [-0.25, -0.2) is 0 Å². The topological polar surface area (TPSA) is 12.0 Å². The van der Waals surface area contributed by atoms with Gasteiger partial charge in [-0.3, -0.25) is 0 Å². The van der Waals surface area contributed by atoms with Gasteiger partial charge < -0.3 is 5.32 Å². The van der Waals surface area contributed by atoms with Gasteiger partial charge in [-0.1, -0.05) is 25.7 Å². The lowest BCUT2D eigenvalue weighted by atomic mass is 9.99. The first kappa shape index (κ1) is 11.4. The summed E-state index contributed by atoms with van der Waals surface area (Å²) in [7, 11) is 0. The van der Waals surface area contributed by atoms with Crippen molar-refractivity contribution in [2.75, 3.05) is 18.6 Å². The van der Waals surface area contributed by atoms with Crippen LogP contribution in [0, 0.1) is 5.92 Å². The third-order valence-electron chi connectivity index (χ3n) is 2.96. The zero-order chi connectivity index (χ0) is 9.52. The van der Waals surface area contributed by atoms with Gasteiger partial charge in [0.2, 0.25) is 0 Å². The molecule has 1 fully saturated rings. The Hall–Kier alpha value is 0.310. The van der Waals surface area contributed by atoms with E-state index in [9.17, 15) is 0 Å². The molecule has 78 valence electrons. The second-order valence-electron chi connectivity index (χ2n) is 4.23. The Balaban J connectivity index is 1.99. The second-order valence-corrected chi connectivity index (χ2v) is 5.22. The summed E-state index contributed by atoms with van der Waals surface area (Å²) in [5, 5.41) is 3.59. The molecule has 0 aliphatic heterocycles. The molecule has 0 amide bonds. The molecule has 1 saturated carbocycles. The predicted octanol–water partition coefficient (Wildman–Crippen LogP) is 2.91. The smallest absolute Gasteiger partial charge is 0.00554 e. The molecule has 0 aromatic carbocycles. The van der Waals surface area contributed by atoms with Gasteiger partial charge in [0.25, 0.3) is 0 Å². The molecule has 0 saturated heterocycles. The summed E-state index contributed by atoms with van der Waals surface area (Å²) < 4.78 is 0. The number of thioether (sulfide) groups is 1. The summed E-state index contributed by atoms with van der Waals surface area (Å²) >= 11 is 1.92. The molecule has 0 heterocycles. The lowest BCUT2D eigenvalue weighted by molar-refractivity contribution is 0.412. The lowest BCUT2D eigenvalue weighted by Crippen LogP contribution is -2.29. The van der Waals surface area contributed by atoms with Crippen LogP contribution < -0.4 is 5.32 Å². The Labute approximate surface area is 87.1 Å². The molecule has 1 aliphatic carbocycles. The molecule has 1 N–H and O–H groups in total. The minimum Gasteiger partial charge on any atom is -0.313 e. The van der Waals surface area contributed by atoms with Gasteiger partial charge in [0.05, 0.1) is 0 Å². The summed E-state index contributed by atoms with van der Waals surface area (Å²) in [4.78, 5) is 0. The van der Waals surface area contributed by atoms with Gasteiger partial charge in [0, 0.05) is 18.3 Å². The van der Waals surface area contributed by atoms with Crippen LogP contribution >= 0.6 is 11.8 Å². The van der Waals surface area contributed by atoms with Gasteiger partial charge in [-0.05, 0) is 25.5 Å². The molecule has 1 rings (SSSR count). The highest BCUT2D eigenvalue weighted by molar-refractivity contribution is 7.98. The van der Waals surface area contributed by atoms with Gasteiger partial charge in [-0.15, -0.1) is 0 Å². The first-order valence-corrected chi connectivity index (χ1v) is 6.94. The van der Waals surface area contributed by atoms with E-state index in [2.05, 4.69) is 18.5 Å². The van der Waals surface area contributed by atoms with Crippen LogP contribution in [0.3, 0.4) is 0 Å². The van der Waals surface area contributed by atoms with E-state index < -0.39 is 0 Å². The van der Waals surface area contributed by atoms with Crippen LogP contribution in [0.1, 0.15) is 39.0 Å². The van der Waals surface area contributed by atoms with Gasteiger partial charge >= 0.3 is 0 Å². The van der Waals surface area contributed by atoms with E-state index in [1.165, 1.54) is 44.4 Å². The zero-order valence-electron chi connectivity index (χ0n) is 9.01. The molecule has 13 heavy (non-hydrogen) atoms. The third-order valence-corrected chi connectivity index (χ3v) is 3.57. The van der Waals surface area contributed by atoms with Crippen molar-refractivity contribution in [3.8, 4) is 0 Å². The number of rotatable bonds is 6. The van der Waals surface area contributed by atoms with Crippen LogP contribution in [-0.4, -0.2) is 24.6 Å². The van der Waals surface area contributed by atoms with Crippen molar-refractivity contribution in [2.45, 2.75) is 45.1 Å². The Morgan fingerprint density at radius 3 is 2.69 bits per heavy atom. The highest BCUT2D eigenvalue weighted by Crippen LogP contribution is 2.28. The molecule has 2 heteroatoms. The monoisotopic (exact) mass is 201 g/mol. The van der Waals surface area contributed by atoms with Crippen molar-refractivity contribution in [3.63, 3.8) is 0 Å². The molecule has 0 spiro atoms. The Kier molecular flexibility index (Phi) is 5.88. The molecule has 0 aromatic rings. The minimum absolute atomic E-state index is 0.732. The van der Waals surface area contributed by atoms with E-state index in [0.29, 0.717) is 0 Å². The molecule has 0 aromatic heterocycles. The average molecular weight is 201 g/mol. The third kappa shape index (κ3) is 4.92. The van der Waals surface area contributed by atoms with Crippen molar-refractivity contribution >= 4 is 11.8 Å². The van der Waals surface area contributed by atoms with Crippen molar-refractivity contribution in [2.24, 2.45) is 5.92 Å². The first-order chi connectivity index (χ1) is 6.33. The van der Waals surface area contributed by atoms with Gasteiger partial charge in [0.1, 0.15) is 0 Å². The molecule has 1 atom stereocenters. The van der Waals surface area contributed by atoms with Crippen LogP contribution in [0.4, 0.5) is 0 Å². The van der Waals surface area contributed by atoms with Gasteiger partial charge in [-0.2, -0.15) is 11.8 Å². The minimum atomic E-state index is 0.732. The normalized spacial score (nSPS) is 20.8. The van der Waals surface area contributed by atoms with E-state index >= 15 is 0 Å². The van der Waals surface area contributed by atoms with E-state index in [4.69, 9.17) is 0 Å². The first-order valence-electron chi connectivity index (χ1n) is 5.55. The summed E-state index contributed by atoms with van der Waals surface area (Å²) in [6.45, 7) is 3.51. The number of hydrogen-bond acceptors (Lipinski definition) is 2. The quantitative estimate of drug-likeness (QED) is 0.663. The fourth-order valence-corrected chi connectivity index (χ4v) is 2.56. The van der Waals surface area contributed by atoms with Crippen molar-refractivity contribution in [1.29, 1.82) is 0 Å². The van der Waals surface area contributed by atoms with Crippen LogP contribution in [0.5, 0.6) is 0 Å². The Bertz CT molecular complexity index is 121. The Morgan fingerprint density at radius 2 is 2.08 bits per heavy atom. The highest BCUT2D eigenvalue weighted by Gasteiger charge is 2.17. The molecule has 1 aliphatic rings. The van der Waals surface area contributed by atoms with Crippen LogP contribution in [-0.2, 0) is 0 Å². The Morgan fingerprint density at radius 1 is 1.38 bits per heavy atom. The summed E-state index contributed by atoms with van der Waals surface area (Å²) in [5.41, 5.74) is 0. The molecule has 0 radical (unpaired) electrons. The van der Waals surface area contributed by atoms with E-state index in [0.717, 1.165) is 12.0 Å².